The van der Waals surface area contributed by atoms with Crippen LogP contribution in [0.2, 0.25) is 0 Å². The number of carbonyl (C=O) groups excluding carboxylic acids is 3. The lowest BCUT2D eigenvalue weighted by molar-refractivity contribution is -0.139. The molecule has 2 N–H and O–H groups in total. The van der Waals surface area contributed by atoms with Crippen LogP contribution >= 0.6 is 11.8 Å². The molecule has 8 nitrogen and oxygen atoms in total. The third-order valence-electron chi connectivity index (χ3n) is 3.63. The number of nitrogens with zero attached hydrogens (tertiary/aromatic N) is 3. The number of aromatic amines is 1. The summed E-state index contributed by atoms with van der Waals surface area (Å²) >= 11 is 1.13. The van der Waals surface area contributed by atoms with Crippen LogP contribution in [0.25, 0.3) is 0 Å². The Morgan fingerprint density at radius 2 is 2.22 bits per heavy atom. The van der Waals surface area contributed by atoms with Gasteiger partial charge in [0.15, 0.2) is 5.12 Å². The normalized spacial score (nSPS) is 18.7. The van der Waals surface area contributed by atoms with Crippen LogP contribution in [0.4, 0.5) is 5.95 Å². The van der Waals surface area contributed by atoms with Gasteiger partial charge in [-0.15, -0.1) is 5.10 Å². The topological polar surface area (TPSA) is 108 Å². The SMILES string of the molecule is CC(=O)SC[C@@H](C)C(=O)N1CCCC1C(=O)Nc1n[nH]c(C)n1. The lowest BCUT2D eigenvalue weighted by Crippen LogP contribution is -2.45. The number of aryl methyl sites for hydroxylation is 1. The van der Waals surface area contributed by atoms with Crippen molar-refractivity contribution in [1.82, 2.24) is 20.1 Å². The number of hydrogen-bond acceptors (Lipinski definition) is 6. The van der Waals surface area contributed by atoms with Gasteiger partial charge in [-0.2, -0.15) is 4.98 Å². The number of hydrogen-bond donors (Lipinski definition) is 2. The van der Waals surface area contributed by atoms with Crippen LogP contribution in [0.1, 0.15) is 32.5 Å². The van der Waals surface area contributed by atoms with Gasteiger partial charge in [-0.25, -0.2) is 0 Å². The molecule has 1 saturated heterocycles. The van der Waals surface area contributed by atoms with Crippen LogP contribution in [0.15, 0.2) is 0 Å². The van der Waals surface area contributed by atoms with Crippen molar-refractivity contribution in [2.24, 2.45) is 5.92 Å². The largest absolute Gasteiger partial charge is 0.330 e. The molecule has 2 heterocycles. The minimum atomic E-state index is -0.508. The zero-order valence-corrected chi connectivity index (χ0v) is 14.3. The molecule has 1 aromatic rings. The zero-order chi connectivity index (χ0) is 17.0. The Labute approximate surface area is 138 Å². The lowest BCUT2D eigenvalue weighted by atomic mass is 10.1. The summed E-state index contributed by atoms with van der Waals surface area (Å²) in [4.78, 5) is 41.5. The monoisotopic (exact) mass is 339 g/mol. The average molecular weight is 339 g/mol. The van der Waals surface area contributed by atoms with E-state index in [2.05, 4.69) is 20.5 Å². The molecule has 2 atom stereocenters. The molecule has 1 aliphatic heterocycles. The third-order valence-corrected chi connectivity index (χ3v) is 4.70. The van der Waals surface area contributed by atoms with Gasteiger partial charge < -0.3 is 4.90 Å². The predicted octanol–water partition coefficient (Wildman–Crippen LogP) is 0.958. The van der Waals surface area contributed by atoms with E-state index in [0.29, 0.717) is 24.5 Å². The van der Waals surface area contributed by atoms with E-state index in [1.54, 1.807) is 18.7 Å². The number of H-pyrrole nitrogens is 1. The van der Waals surface area contributed by atoms with Crippen LogP contribution in [0.3, 0.4) is 0 Å². The Bertz CT molecular complexity index is 603. The van der Waals surface area contributed by atoms with E-state index in [9.17, 15) is 14.4 Å². The van der Waals surface area contributed by atoms with Gasteiger partial charge in [0.05, 0.1) is 0 Å². The van der Waals surface area contributed by atoms with Crippen molar-refractivity contribution in [2.75, 3.05) is 17.6 Å². The predicted molar refractivity (Wildman–Crippen MR) is 86.8 cm³/mol. The standard InChI is InChI=1S/C14H21N5O3S/c1-8(7-23-10(3)20)13(22)19-6-4-5-11(19)12(21)16-14-15-9(2)17-18-14/h8,11H,4-7H2,1-3H3,(H2,15,16,17,18,21)/t8-,11?/m1/s1. The fourth-order valence-electron chi connectivity index (χ4n) is 2.49. The summed E-state index contributed by atoms with van der Waals surface area (Å²) in [7, 11) is 0. The summed E-state index contributed by atoms with van der Waals surface area (Å²) in [6, 6.07) is -0.508. The summed E-state index contributed by atoms with van der Waals surface area (Å²) in [5.74, 6) is 0.576. The second kappa shape index (κ2) is 7.58. The highest BCUT2D eigenvalue weighted by Gasteiger charge is 2.36. The first kappa shape index (κ1) is 17.5. The number of rotatable bonds is 5. The Balaban J connectivity index is 1.97. The van der Waals surface area contributed by atoms with Gasteiger partial charge in [0, 0.05) is 25.1 Å². The van der Waals surface area contributed by atoms with Crippen LogP contribution in [0.5, 0.6) is 0 Å². The number of aromatic nitrogens is 3. The first-order valence-electron chi connectivity index (χ1n) is 7.52. The summed E-state index contributed by atoms with van der Waals surface area (Å²) in [6.45, 7) is 5.55. The first-order valence-corrected chi connectivity index (χ1v) is 8.50. The van der Waals surface area contributed by atoms with Crippen LogP contribution in [0, 0.1) is 12.8 Å². The molecule has 0 spiro atoms. The van der Waals surface area contributed by atoms with Crippen molar-refractivity contribution in [1.29, 1.82) is 0 Å². The van der Waals surface area contributed by atoms with Gasteiger partial charge in [0.2, 0.25) is 17.8 Å². The van der Waals surface area contributed by atoms with Crippen molar-refractivity contribution in [3.63, 3.8) is 0 Å². The zero-order valence-electron chi connectivity index (χ0n) is 13.5. The fourth-order valence-corrected chi connectivity index (χ4v) is 3.12. The maximum atomic E-state index is 12.5. The van der Waals surface area contributed by atoms with Gasteiger partial charge in [-0.1, -0.05) is 18.7 Å². The van der Waals surface area contributed by atoms with E-state index >= 15 is 0 Å². The Morgan fingerprint density at radius 3 is 2.83 bits per heavy atom. The molecule has 23 heavy (non-hydrogen) atoms. The molecule has 9 heteroatoms. The van der Waals surface area contributed by atoms with Crippen molar-refractivity contribution in [3.8, 4) is 0 Å². The number of likely N-dealkylation sites (tertiary alicyclic amines) is 1. The van der Waals surface area contributed by atoms with E-state index in [1.165, 1.54) is 6.92 Å². The van der Waals surface area contributed by atoms with Crippen molar-refractivity contribution in [3.05, 3.63) is 5.82 Å². The number of nitrogens with one attached hydrogen (secondary N) is 2. The van der Waals surface area contributed by atoms with Crippen LogP contribution in [-0.2, 0) is 14.4 Å². The molecule has 0 aliphatic carbocycles. The maximum absolute atomic E-state index is 12.5. The van der Waals surface area contributed by atoms with E-state index in [1.807, 2.05) is 0 Å². The summed E-state index contributed by atoms with van der Waals surface area (Å²) in [6.07, 6.45) is 1.40. The summed E-state index contributed by atoms with van der Waals surface area (Å²) < 4.78 is 0. The molecule has 2 amide bonds. The van der Waals surface area contributed by atoms with Gasteiger partial charge in [-0.05, 0) is 19.8 Å². The van der Waals surface area contributed by atoms with E-state index in [-0.39, 0.29) is 28.8 Å². The molecule has 0 aromatic carbocycles. The number of anilines is 1. The van der Waals surface area contributed by atoms with Gasteiger partial charge >= 0.3 is 0 Å². The molecule has 0 saturated carbocycles. The summed E-state index contributed by atoms with van der Waals surface area (Å²) in [5.41, 5.74) is 0. The van der Waals surface area contributed by atoms with Crippen LogP contribution < -0.4 is 5.32 Å². The van der Waals surface area contributed by atoms with Gasteiger partial charge in [0.1, 0.15) is 11.9 Å². The highest BCUT2D eigenvalue weighted by molar-refractivity contribution is 8.13. The van der Waals surface area contributed by atoms with Crippen molar-refractivity contribution >= 4 is 34.6 Å². The highest BCUT2D eigenvalue weighted by Crippen LogP contribution is 2.22. The molecule has 1 fully saturated rings. The number of thioether (sulfide) groups is 1. The molecular formula is C14H21N5O3S. The Kier molecular flexibility index (Phi) is 5.75. The first-order chi connectivity index (χ1) is 10.9. The molecule has 0 radical (unpaired) electrons. The highest BCUT2D eigenvalue weighted by atomic mass is 32.2. The quantitative estimate of drug-likeness (QED) is 0.827. The van der Waals surface area contributed by atoms with E-state index in [4.69, 9.17) is 0 Å². The average Bonchev–Trinajstić information content (AvgIpc) is 3.12. The fraction of sp³-hybridized carbons (Fsp3) is 0.643. The molecule has 1 aliphatic rings. The molecule has 1 aromatic heterocycles. The van der Waals surface area contributed by atoms with E-state index < -0.39 is 6.04 Å². The minimum Gasteiger partial charge on any atom is -0.330 e. The summed E-state index contributed by atoms with van der Waals surface area (Å²) in [5, 5.41) is 9.14. The third kappa shape index (κ3) is 4.54. The van der Waals surface area contributed by atoms with Crippen molar-refractivity contribution < 1.29 is 14.4 Å². The molecular weight excluding hydrogens is 318 g/mol. The Hall–Kier alpha value is -1.90. The van der Waals surface area contributed by atoms with Gasteiger partial charge in [0.25, 0.3) is 0 Å². The van der Waals surface area contributed by atoms with Gasteiger partial charge in [-0.3, -0.25) is 24.8 Å². The molecule has 0 bridgehead atoms. The molecule has 126 valence electrons. The minimum absolute atomic E-state index is 0.0136. The van der Waals surface area contributed by atoms with Crippen LogP contribution in [-0.4, -0.2) is 55.4 Å². The smallest absolute Gasteiger partial charge is 0.249 e. The maximum Gasteiger partial charge on any atom is 0.249 e. The van der Waals surface area contributed by atoms with Crippen molar-refractivity contribution in [2.45, 2.75) is 39.7 Å². The molecule has 1 unspecified atom stereocenters. The number of amides is 2. The Morgan fingerprint density at radius 1 is 1.48 bits per heavy atom. The second-order valence-electron chi connectivity index (χ2n) is 5.63. The number of carbonyl (C=O) groups is 3. The van der Waals surface area contributed by atoms with E-state index in [0.717, 1.165) is 18.2 Å². The lowest BCUT2D eigenvalue weighted by Gasteiger charge is -2.26. The second-order valence-corrected chi connectivity index (χ2v) is 6.82. The molecule has 2 rings (SSSR count).